The second-order valence-electron chi connectivity index (χ2n) is 5.96. The monoisotopic (exact) mass is 352 g/mol. The molecule has 130 valence electrons. The zero-order valence-corrected chi connectivity index (χ0v) is 14.3. The van der Waals surface area contributed by atoms with Crippen molar-refractivity contribution in [3.8, 4) is 11.5 Å². The molecule has 0 unspecified atom stereocenters. The van der Waals surface area contributed by atoms with Gasteiger partial charge in [0, 0.05) is 24.7 Å². The zero-order valence-electron chi connectivity index (χ0n) is 13.6. The molecular formula is C17H21ClN2O4. The second-order valence-corrected chi connectivity index (χ2v) is 6.34. The van der Waals surface area contributed by atoms with Crippen LogP contribution in [0, 0.1) is 0 Å². The van der Waals surface area contributed by atoms with Crippen LogP contribution in [0.25, 0.3) is 10.9 Å². The van der Waals surface area contributed by atoms with Crippen LogP contribution >= 0.6 is 11.6 Å². The molecule has 3 N–H and O–H groups in total. The summed E-state index contributed by atoms with van der Waals surface area (Å²) in [6, 6.07) is 1.46. The molecule has 0 bridgehead atoms. The fourth-order valence-corrected chi connectivity index (χ4v) is 3.42. The third kappa shape index (κ3) is 2.91. The first-order chi connectivity index (χ1) is 11.5. The van der Waals surface area contributed by atoms with Gasteiger partial charge >= 0.3 is 0 Å². The second kappa shape index (κ2) is 6.91. The molecule has 1 aromatic heterocycles. The summed E-state index contributed by atoms with van der Waals surface area (Å²) in [4.78, 5) is 17.3. The molecule has 0 atom stereocenters. The van der Waals surface area contributed by atoms with Crippen molar-refractivity contribution in [3.63, 3.8) is 0 Å². The normalized spacial score (nSPS) is 15.2. The van der Waals surface area contributed by atoms with Gasteiger partial charge in [-0.05, 0) is 12.8 Å². The first kappa shape index (κ1) is 16.9. The number of nitrogens with one attached hydrogen (secondary N) is 1. The van der Waals surface area contributed by atoms with Gasteiger partial charge in [-0.3, -0.25) is 4.79 Å². The maximum absolute atomic E-state index is 12.5. The fourth-order valence-electron chi connectivity index (χ4n) is 3.05. The number of ether oxygens (including phenoxy) is 1. The Hall–Kier alpha value is -1.92. The minimum Gasteiger partial charge on any atom is -0.504 e. The van der Waals surface area contributed by atoms with Gasteiger partial charge in [0.25, 0.3) is 5.56 Å². The summed E-state index contributed by atoms with van der Waals surface area (Å²) in [5.74, 6) is -0.555. The van der Waals surface area contributed by atoms with Crippen molar-refractivity contribution in [1.29, 1.82) is 0 Å². The van der Waals surface area contributed by atoms with Gasteiger partial charge in [-0.25, -0.2) is 0 Å². The van der Waals surface area contributed by atoms with E-state index in [9.17, 15) is 15.0 Å². The first-order valence-electron chi connectivity index (χ1n) is 8.16. The van der Waals surface area contributed by atoms with Crippen LogP contribution in [0.5, 0.6) is 11.5 Å². The molecule has 7 heteroatoms. The number of aromatic nitrogens is 1. The van der Waals surface area contributed by atoms with Gasteiger partial charge < -0.3 is 24.8 Å². The fraction of sp³-hybridized carbons (Fsp3) is 0.471. The molecule has 1 fully saturated rings. The third-order valence-electron chi connectivity index (χ3n) is 4.39. The highest BCUT2D eigenvalue weighted by Gasteiger charge is 2.22. The van der Waals surface area contributed by atoms with Crippen LogP contribution in [-0.4, -0.2) is 41.5 Å². The number of rotatable bonds is 4. The average Bonchev–Trinajstić information content (AvgIpc) is 2.58. The van der Waals surface area contributed by atoms with Crippen molar-refractivity contribution >= 4 is 28.2 Å². The standard InChI is InChI=1S/C17H21ClN2O4/c1-2-3-4-10-14(18)13-15(19-17(10)23)11(9-12(21)16(13)22)20-5-7-24-8-6-20/h9,21-22H,2-8H2,1H3,(H,19,23). The summed E-state index contributed by atoms with van der Waals surface area (Å²) >= 11 is 6.44. The van der Waals surface area contributed by atoms with Crippen LogP contribution in [0.1, 0.15) is 25.3 Å². The van der Waals surface area contributed by atoms with Crippen molar-refractivity contribution in [2.45, 2.75) is 26.2 Å². The smallest absolute Gasteiger partial charge is 0.253 e. The number of benzene rings is 1. The number of phenols is 2. The van der Waals surface area contributed by atoms with Gasteiger partial charge in [0.15, 0.2) is 11.5 Å². The minimum atomic E-state index is -0.305. The van der Waals surface area contributed by atoms with E-state index in [-0.39, 0.29) is 22.1 Å². The van der Waals surface area contributed by atoms with Crippen molar-refractivity contribution in [2.24, 2.45) is 0 Å². The Balaban J connectivity index is 2.24. The molecule has 0 amide bonds. The van der Waals surface area contributed by atoms with E-state index in [1.165, 1.54) is 6.07 Å². The van der Waals surface area contributed by atoms with Crippen LogP contribution in [0.4, 0.5) is 5.69 Å². The Kier molecular flexibility index (Phi) is 4.87. The predicted octanol–water partition coefficient (Wildman–Crippen LogP) is 2.77. The van der Waals surface area contributed by atoms with E-state index in [1.807, 2.05) is 11.8 Å². The highest BCUT2D eigenvalue weighted by Crippen LogP contribution is 2.43. The lowest BCUT2D eigenvalue weighted by molar-refractivity contribution is 0.123. The molecule has 6 nitrogen and oxygen atoms in total. The number of anilines is 1. The molecule has 1 aliphatic rings. The number of fused-ring (bicyclic) bond motifs is 1. The van der Waals surface area contributed by atoms with Crippen molar-refractivity contribution in [3.05, 3.63) is 27.0 Å². The van der Waals surface area contributed by atoms with E-state index in [1.54, 1.807) is 0 Å². The lowest BCUT2D eigenvalue weighted by Gasteiger charge is -2.30. The number of morpholine rings is 1. The maximum Gasteiger partial charge on any atom is 0.253 e. The zero-order chi connectivity index (χ0) is 17.3. The molecule has 0 radical (unpaired) electrons. The number of aromatic hydroxyl groups is 2. The summed E-state index contributed by atoms with van der Waals surface area (Å²) < 4.78 is 5.35. The largest absolute Gasteiger partial charge is 0.504 e. The molecule has 3 rings (SSSR count). The average molecular weight is 353 g/mol. The van der Waals surface area contributed by atoms with Gasteiger partial charge in [-0.2, -0.15) is 0 Å². The third-order valence-corrected chi connectivity index (χ3v) is 4.81. The van der Waals surface area contributed by atoms with E-state index in [4.69, 9.17) is 16.3 Å². The maximum atomic E-state index is 12.5. The van der Waals surface area contributed by atoms with Crippen LogP contribution in [0.2, 0.25) is 5.02 Å². The number of phenolic OH excluding ortho intramolecular Hbond substituents is 2. The van der Waals surface area contributed by atoms with Crippen molar-refractivity contribution in [2.75, 3.05) is 31.2 Å². The quantitative estimate of drug-likeness (QED) is 0.737. The number of hydrogen-bond acceptors (Lipinski definition) is 5. The summed E-state index contributed by atoms with van der Waals surface area (Å²) in [5.41, 5.74) is 1.28. The van der Waals surface area contributed by atoms with Gasteiger partial charge in [0.05, 0.1) is 34.8 Å². The lowest BCUT2D eigenvalue weighted by Crippen LogP contribution is -2.36. The molecule has 2 heterocycles. The van der Waals surface area contributed by atoms with Crippen LogP contribution < -0.4 is 10.5 Å². The summed E-state index contributed by atoms with van der Waals surface area (Å²) in [6.45, 7) is 4.43. The highest BCUT2D eigenvalue weighted by atomic mass is 35.5. The summed E-state index contributed by atoms with van der Waals surface area (Å²) in [6.07, 6.45) is 2.28. The minimum absolute atomic E-state index is 0.213. The van der Waals surface area contributed by atoms with Gasteiger partial charge in [-0.1, -0.05) is 24.9 Å². The molecule has 2 aromatic rings. The Bertz CT molecular complexity index is 813. The Morgan fingerprint density at radius 1 is 1.33 bits per heavy atom. The predicted molar refractivity (Wildman–Crippen MR) is 94.6 cm³/mol. The number of H-pyrrole nitrogens is 1. The molecule has 1 saturated heterocycles. The van der Waals surface area contributed by atoms with E-state index >= 15 is 0 Å². The van der Waals surface area contributed by atoms with E-state index in [2.05, 4.69) is 4.98 Å². The number of hydrogen-bond donors (Lipinski definition) is 3. The number of unbranched alkanes of at least 4 members (excludes halogenated alkanes) is 1. The molecule has 0 saturated carbocycles. The number of pyridine rings is 1. The van der Waals surface area contributed by atoms with Gasteiger partial charge in [0.1, 0.15) is 0 Å². The Morgan fingerprint density at radius 2 is 2.04 bits per heavy atom. The van der Waals surface area contributed by atoms with Gasteiger partial charge in [-0.15, -0.1) is 0 Å². The first-order valence-corrected chi connectivity index (χ1v) is 8.54. The molecule has 24 heavy (non-hydrogen) atoms. The molecule has 1 aromatic carbocycles. The number of nitrogens with zero attached hydrogens (tertiary/aromatic N) is 1. The summed E-state index contributed by atoms with van der Waals surface area (Å²) in [5, 5.41) is 20.9. The molecule has 0 spiro atoms. The highest BCUT2D eigenvalue weighted by molar-refractivity contribution is 6.37. The van der Waals surface area contributed by atoms with Crippen LogP contribution in [0.3, 0.4) is 0 Å². The molecule has 0 aliphatic carbocycles. The molecular weight excluding hydrogens is 332 g/mol. The van der Waals surface area contributed by atoms with Gasteiger partial charge in [0.2, 0.25) is 0 Å². The Labute approximate surface area is 144 Å². The van der Waals surface area contributed by atoms with Crippen molar-refractivity contribution < 1.29 is 14.9 Å². The van der Waals surface area contributed by atoms with E-state index < -0.39 is 0 Å². The van der Waals surface area contributed by atoms with E-state index in [0.29, 0.717) is 54.9 Å². The summed E-state index contributed by atoms with van der Waals surface area (Å²) in [7, 11) is 0. The van der Waals surface area contributed by atoms with Crippen LogP contribution in [0.15, 0.2) is 10.9 Å². The van der Waals surface area contributed by atoms with E-state index in [0.717, 1.165) is 12.8 Å². The Morgan fingerprint density at radius 3 is 2.71 bits per heavy atom. The van der Waals surface area contributed by atoms with Crippen molar-refractivity contribution in [1.82, 2.24) is 4.98 Å². The van der Waals surface area contributed by atoms with Crippen LogP contribution in [-0.2, 0) is 11.2 Å². The number of halogens is 1. The SMILES string of the molecule is CCCCc1c(Cl)c2c(O)c(O)cc(N3CCOCC3)c2[nH]c1=O. The lowest BCUT2D eigenvalue weighted by atomic mass is 10.0. The molecule has 1 aliphatic heterocycles. The number of aromatic amines is 1. The topological polar surface area (TPSA) is 85.8 Å².